The van der Waals surface area contributed by atoms with Gasteiger partial charge in [0.05, 0.1) is 5.69 Å². The zero-order valence-corrected chi connectivity index (χ0v) is 11.1. The number of carbonyl (C=O) groups excluding carboxylic acids is 1. The van der Waals surface area contributed by atoms with Gasteiger partial charge >= 0.3 is 0 Å². The fourth-order valence-electron chi connectivity index (χ4n) is 1.53. The average Bonchev–Trinajstić information content (AvgIpc) is 2.45. The summed E-state index contributed by atoms with van der Waals surface area (Å²) in [4.78, 5) is 15.6. The lowest BCUT2D eigenvalue weighted by Crippen LogP contribution is -2.00. The summed E-state index contributed by atoms with van der Waals surface area (Å²) < 4.78 is 5.32. The molecule has 0 aliphatic heterocycles. The first-order valence-corrected chi connectivity index (χ1v) is 6.23. The monoisotopic (exact) mass is 271 g/mol. The van der Waals surface area contributed by atoms with Gasteiger partial charge in [-0.2, -0.15) is 0 Å². The number of rotatable bonds is 5. The molecule has 0 atom stereocenters. The van der Waals surface area contributed by atoms with Crippen molar-refractivity contribution in [1.29, 1.82) is 0 Å². The van der Waals surface area contributed by atoms with Crippen molar-refractivity contribution >= 4 is 30.8 Å². The minimum absolute atomic E-state index is 0.0409. The highest BCUT2D eigenvalue weighted by Crippen LogP contribution is 2.18. The Labute approximate surface area is 117 Å². The number of para-hydroxylation sites is 1. The quantitative estimate of drug-likeness (QED) is 0.515. The van der Waals surface area contributed by atoms with Gasteiger partial charge < -0.3 is 4.74 Å². The van der Waals surface area contributed by atoms with Crippen molar-refractivity contribution in [2.75, 3.05) is 6.61 Å². The van der Waals surface area contributed by atoms with Gasteiger partial charge in [0, 0.05) is 16.7 Å². The molecule has 0 N–H and O–H groups in total. The molecule has 2 aromatic carbocycles. The molecule has 0 aliphatic rings. The first kappa shape index (κ1) is 13.4. The number of aliphatic imine (C=N–C) groups is 1. The largest absolute Gasteiger partial charge is 0.485 e. The number of thiol groups is 1. The second-order valence-corrected chi connectivity index (χ2v) is 4.31. The van der Waals surface area contributed by atoms with Crippen LogP contribution in [0.15, 0.2) is 58.4 Å². The van der Waals surface area contributed by atoms with Gasteiger partial charge in [-0.3, -0.25) is 9.79 Å². The van der Waals surface area contributed by atoms with Crippen molar-refractivity contribution in [2.45, 2.75) is 4.90 Å². The molecule has 0 aliphatic carbocycles. The van der Waals surface area contributed by atoms with Crippen LogP contribution in [0, 0.1) is 0 Å². The van der Waals surface area contributed by atoms with Crippen molar-refractivity contribution in [3.63, 3.8) is 0 Å². The summed E-state index contributed by atoms with van der Waals surface area (Å²) in [5, 5.41) is 0. The summed E-state index contributed by atoms with van der Waals surface area (Å²) in [6.45, 7) is 0.0409. The predicted octanol–water partition coefficient (Wildman–Crippen LogP) is 3.30. The maximum absolute atomic E-state index is 10.3. The summed E-state index contributed by atoms with van der Waals surface area (Å²) in [5.74, 6) is 0.643. The van der Waals surface area contributed by atoms with E-state index in [1.807, 2.05) is 48.5 Å². The van der Waals surface area contributed by atoms with E-state index < -0.39 is 0 Å². The number of carbonyl (C=O) groups is 1. The summed E-state index contributed by atoms with van der Waals surface area (Å²) in [7, 11) is 0. The molecule has 0 saturated heterocycles. The smallest absolute Gasteiger partial charge is 0.157 e. The molecule has 0 radical (unpaired) electrons. The van der Waals surface area contributed by atoms with Crippen molar-refractivity contribution in [3.8, 4) is 5.75 Å². The lowest BCUT2D eigenvalue weighted by atomic mass is 10.2. The van der Waals surface area contributed by atoms with Crippen LogP contribution in [0.4, 0.5) is 5.69 Å². The minimum atomic E-state index is 0.0409. The SMILES string of the molecule is O=CCOc1ccccc1C=Nc1ccc(S)cc1. The van der Waals surface area contributed by atoms with Crippen LogP contribution in [0.25, 0.3) is 0 Å². The molecule has 0 aromatic heterocycles. The molecule has 2 aromatic rings. The molecule has 0 unspecified atom stereocenters. The standard InChI is InChI=1S/C15H13NO2S/c17-9-10-18-15-4-2-1-3-12(15)11-16-13-5-7-14(19)8-6-13/h1-9,11,19H,10H2. The van der Waals surface area contributed by atoms with Crippen molar-refractivity contribution < 1.29 is 9.53 Å². The topological polar surface area (TPSA) is 38.7 Å². The molecular formula is C15H13NO2S. The van der Waals surface area contributed by atoms with E-state index in [0.29, 0.717) is 5.75 Å². The van der Waals surface area contributed by atoms with E-state index >= 15 is 0 Å². The minimum Gasteiger partial charge on any atom is -0.485 e. The number of hydrogen-bond acceptors (Lipinski definition) is 4. The molecule has 0 bridgehead atoms. The van der Waals surface area contributed by atoms with Crippen LogP contribution in [0.2, 0.25) is 0 Å². The number of hydrogen-bond donors (Lipinski definition) is 1. The first-order chi connectivity index (χ1) is 9.29. The van der Waals surface area contributed by atoms with Crippen LogP contribution in [0.1, 0.15) is 5.56 Å². The van der Waals surface area contributed by atoms with Crippen LogP contribution in [-0.2, 0) is 4.79 Å². The van der Waals surface area contributed by atoms with Gasteiger partial charge in [-0.25, -0.2) is 0 Å². The number of ether oxygens (including phenoxy) is 1. The van der Waals surface area contributed by atoms with Crippen molar-refractivity contribution in [2.24, 2.45) is 4.99 Å². The predicted molar refractivity (Wildman–Crippen MR) is 78.9 cm³/mol. The highest BCUT2D eigenvalue weighted by atomic mass is 32.1. The zero-order valence-electron chi connectivity index (χ0n) is 10.2. The second kappa shape index (κ2) is 6.75. The molecule has 0 amide bonds. The maximum Gasteiger partial charge on any atom is 0.157 e. The molecule has 96 valence electrons. The van der Waals surface area contributed by atoms with Gasteiger partial charge in [0.1, 0.15) is 12.4 Å². The molecule has 0 heterocycles. The van der Waals surface area contributed by atoms with E-state index in [4.69, 9.17) is 4.74 Å². The Morgan fingerprint density at radius 1 is 1.11 bits per heavy atom. The molecule has 4 heteroatoms. The third kappa shape index (κ3) is 3.96. The van der Waals surface area contributed by atoms with E-state index in [1.165, 1.54) is 0 Å². The van der Waals surface area contributed by atoms with Crippen molar-refractivity contribution in [3.05, 3.63) is 54.1 Å². The fourth-order valence-corrected chi connectivity index (χ4v) is 1.67. The Bertz CT molecular complexity index is 579. The summed E-state index contributed by atoms with van der Waals surface area (Å²) in [5.41, 5.74) is 1.67. The number of nitrogens with zero attached hydrogens (tertiary/aromatic N) is 1. The van der Waals surface area contributed by atoms with E-state index in [-0.39, 0.29) is 6.61 Å². The molecule has 0 fully saturated rings. The van der Waals surface area contributed by atoms with Crippen LogP contribution < -0.4 is 4.74 Å². The third-order valence-corrected chi connectivity index (χ3v) is 2.73. The van der Waals surface area contributed by atoms with Gasteiger partial charge in [-0.15, -0.1) is 12.6 Å². The van der Waals surface area contributed by atoms with Crippen LogP contribution in [0.5, 0.6) is 5.75 Å². The zero-order chi connectivity index (χ0) is 13.5. The highest BCUT2D eigenvalue weighted by Gasteiger charge is 1.99. The summed E-state index contributed by atoms with van der Waals surface area (Å²) in [6, 6.07) is 15.0. The Morgan fingerprint density at radius 3 is 2.58 bits per heavy atom. The van der Waals surface area contributed by atoms with E-state index in [1.54, 1.807) is 6.21 Å². The second-order valence-electron chi connectivity index (χ2n) is 3.79. The Morgan fingerprint density at radius 2 is 1.84 bits per heavy atom. The molecule has 19 heavy (non-hydrogen) atoms. The van der Waals surface area contributed by atoms with Gasteiger partial charge in [0.25, 0.3) is 0 Å². The molecule has 2 rings (SSSR count). The van der Waals surface area contributed by atoms with Gasteiger partial charge in [-0.05, 0) is 36.4 Å². The van der Waals surface area contributed by atoms with Gasteiger partial charge in [0.2, 0.25) is 0 Å². The van der Waals surface area contributed by atoms with Gasteiger partial charge in [-0.1, -0.05) is 12.1 Å². The van der Waals surface area contributed by atoms with Crippen LogP contribution in [0.3, 0.4) is 0 Å². The Hall–Kier alpha value is -2.07. The molecule has 3 nitrogen and oxygen atoms in total. The summed E-state index contributed by atoms with van der Waals surface area (Å²) >= 11 is 4.22. The Kier molecular flexibility index (Phi) is 4.75. The van der Waals surface area contributed by atoms with E-state index in [0.717, 1.165) is 22.4 Å². The molecule has 0 spiro atoms. The average molecular weight is 271 g/mol. The highest BCUT2D eigenvalue weighted by molar-refractivity contribution is 7.80. The number of benzene rings is 2. The van der Waals surface area contributed by atoms with E-state index in [9.17, 15) is 4.79 Å². The summed E-state index contributed by atoms with van der Waals surface area (Å²) in [6.07, 6.45) is 2.44. The first-order valence-electron chi connectivity index (χ1n) is 5.78. The van der Waals surface area contributed by atoms with E-state index in [2.05, 4.69) is 17.6 Å². The van der Waals surface area contributed by atoms with Crippen molar-refractivity contribution in [1.82, 2.24) is 0 Å². The maximum atomic E-state index is 10.3. The normalized spacial score (nSPS) is 10.6. The number of aldehydes is 1. The molecular weight excluding hydrogens is 258 g/mol. The lowest BCUT2D eigenvalue weighted by Gasteiger charge is -2.05. The fraction of sp³-hybridized carbons (Fsp3) is 0.0667. The van der Waals surface area contributed by atoms with Crippen LogP contribution >= 0.6 is 12.6 Å². The Balaban J connectivity index is 2.17. The van der Waals surface area contributed by atoms with Gasteiger partial charge in [0.15, 0.2) is 6.29 Å². The van der Waals surface area contributed by atoms with Crippen LogP contribution in [-0.4, -0.2) is 19.1 Å². The lowest BCUT2D eigenvalue weighted by molar-refractivity contribution is -0.109. The molecule has 0 saturated carbocycles. The third-order valence-electron chi connectivity index (χ3n) is 2.43.